The van der Waals surface area contributed by atoms with Crippen LogP contribution in [0.25, 0.3) is 11.1 Å². The van der Waals surface area contributed by atoms with Gasteiger partial charge in [0.05, 0.1) is 5.69 Å². The van der Waals surface area contributed by atoms with Crippen LogP contribution in [0.1, 0.15) is 22.3 Å². The Morgan fingerprint density at radius 3 is 2.28 bits per heavy atom. The Balaban J connectivity index is 1.81. The normalized spacial score (nSPS) is 10.6. The lowest BCUT2D eigenvalue weighted by molar-refractivity contribution is 0.305. The van der Waals surface area contributed by atoms with Gasteiger partial charge in [0.1, 0.15) is 12.4 Å². The Bertz CT molecular complexity index is 883. The fourth-order valence-corrected chi connectivity index (χ4v) is 3.05. The average molecular weight is 331 g/mol. The van der Waals surface area contributed by atoms with Crippen LogP contribution in [0.2, 0.25) is 0 Å². The summed E-state index contributed by atoms with van der Waals surface area (Å²) in [6.45, 7) is 6.91. The second kappa shape index (κ2) is 7.43. The molecule has 0 radical (unpaired) electrons. The molecule has 2 nitrogen and oxygen atoms in total. The first-order valence-electron chi connectivity index (χ1n) is 8.65. The van der Waals surface area contributed by atoms with Crippen LogP contribution >= 0.6 is 0 Å². The van der Waals surface area contributed by atoms with Crippen molar-refractivity contribution in [2.45, 2.75) is 27.4 Å². The standard InChI is InChI=1S/C23H25NO/c1-16-7-5-9-19(13-16)20-11-12-21(18(3)14-20)15-25-23-17(2)8-6-10-22(23)24-4/h5-14,24H,15H2,1-4H3. The number of para-hydroxylation sites is 1. The smallest absolute Gasteiger partial charge is 0.145 e. The minimum Gasteiger partial charge on any atom is -0.486 e. The Labute approximate surface area is 150 Å². The van der Waals surface area contributed by atoms with Gasteiger partial charge in [-0.3, -0.25) is 0 Å². The van der Waals surface area contributed by atoms with Gasteiger partial charge in [-0.15, -0.1) is 0 Å². The van der Waals surface area contributed by atoms with E-state index in [4.69, 9.17) is 4.74 Å². The average Bonchev–Trinajstić information content (AvgIpc) is 2.61. The summed E-state index contributed by atoms with van der Waals surface area (Å²) >= 11 is 0. The molecule has 25 heavy (non-hydrogen) atoms. The van der Waals surface area contributed by atoms with Gasteiger partial charge >= 0.3 is 0 Å². The first-order chi connectivity index (χ1) is 12.1. The fraction of sp³-hybridized carbons (Fsp3) is 0.217. The van der Waals surface area contributed by atoms with Crippen molar-refractivity contribution in [1.82, 2.24) is 0 Å². The predicted octanol–water partition coefficient (Wildman–Crippen LogP) is 5.90. The van der Waals surface area contributed by atoms with Crippen LogP contribution in [-0.4, -0.2) is 7.05 Å². The van der Waals surface area contributed by atoms with Crippen molar-refractivity contribution in [3.63, 3.8) is 0 Å². The third kappa shape index (κ3) is 3.85. The van der Waals surface area contributed by atoms with Gasteiger partial charge in [-0.05, 0) is 54.7 Å². The van der Waals surface area contributed by atoms with E-state index in [1.807, 2.05) is 19.2 Å². The predicted molar refractivity (Wildman–Crippen MR) is 106 cm³/mol. The molecule has 128 valence electrons. The maximum Gasteiger partial charge on any atom is 0.145 e. The summed E-state index contributed by atoms with van der Waals surface area (Å²) in [5.74, 6) is 0.923. The summed E-state index contributed by atoms with van der Waals surface area (Å²) in [6, 6.07) is 21.3. The van der Waals surface area contributed by atoms with Crippen LogP contribution in [-0.2, 0) is 6.61 Å². The number of anilines is 1. The van der Waals surface area contributed by atoms with E-state index in [1.54, 1.807) is 0 Å². The van der Waals surface area contributed by atoms with Crippen LogP contribution < -0.4 is 10.1 Å². The van der Waals surface area contributed by atoms with Gasteiger partial charge in [-0.2, -0.15) is 0 Å². The molecule has 0 unspecified atom stereocenters. The van der Waals surface area contributed by atoms with Crippen LogP contribution in [0.4, 0.5) is 5.69 Å². The quantitative estimate of drug-likeness (QED) is 0.628. The van der Waals surface area contributed by atoms with Crippen molar-refractivity contribution in [3.05, 3.63) is 82.9 Å². The van der Waals surface area contributed by atoms with E-state index in [0.29, 0.717) is 6.61 Å². The molecule has 0 saturated heterocycles. The Morgan fingerprint density at radius 2 is 1.56 bits per heavy atom. The van der Waals surface area contributed by atoms with Crippen molar-refractivity contribution >= 4 is 5.69 Å². The first kappa shape index (κ1) is 17.1. The number of ether oxygens (including phenoxy) is 1. The second-order valence-corrected chi connectivity index (χ2v) is 6.50. The molecule has 0 aliphatic rings. The number of hydrogen-bond acceptors (Lipinski definition) is 2. The summed E-state index contributed by atoms with van der Waals surface area (Å²) in [6.07, 6.45) is 0. The fourth-order valence-electron chi connectivity index (χ4n) is 3.05. The molecule has 0 aromatic heterocycles. The topological polar surface area (TPSA) is 21.3 Å². The van der Waals surface area contributed by atoms with Gasteiger partial charge in [0.2, 0.25) is 0 Å². The van der Waals surface area contributed by atoms with E-state index >= 15 is 0 Å². The van der Waals surface area contributed by atoms with Crippen LogP contribution in [0.5, 0.6) is 5.75 Å². The van der Waals surface area contributed by atoms with Crippen molar-refractivity contribution in [1.29, 1.82) is 0 Å². The van der Waals surface area contributed by atoms with Gasteiger partial charge < -0.3 is 10.1 Å². The van der Waals surface area contributed by atoms with Gasteiger partial charge in [0, 0.05) is 7.05 Å². The number of aryl methyl sites for hydroxylation is 3. The molecule has 3 aromatic rings. The molecule has 3 rings (SSSR count). The highest BCUT2D eigenvalue weighted by atomic mass is 16.5. The molecule has 3 aromatic carbocycles. The zero-order valence-electron chi connectivity index (χ0n) is 15.4. The summed E-state index contributed by atoms with van der Waals surface area (Å²) in [5.41, 5.74) is 8.40. The third-order valence-electron chi connectivity index (χ3n) is 4.55. The molecule has 0 bridgehead atoms. The minimum atomic E-state index is 0.569. The summed E-state index contributed by atoms with van der Waals surface area (Å²) in [7, 11) is 1.92. The van der Waals surface area contributed by atoms with E-state index in [9.17, 15) is 0 Å². The Kier molecular flexibility index (Phi) is 5.08. The lowest BCUT2D eigenvalue weighted by Gasteiger charge is -2.15. The van der Waals surface area contributed by atoms with E-state index in [-0.39, 0.29) is 0 Å². The maximum atomic E-state index is 6.13. The molecule has 0 saturated carbocycles. The molecule has 0 aliphatic carbocycles. The van der Waals surface area contributed by atoms with Crippen molar-refractivity contribution in [3.8, 4) is 16.9 Å². The van der Waals surface area contributed by atoms with E-state index in [2.05, 4.69) is 74.6 Å². The summed E-state index contributed by atoms with van der Waals surface area (Å²) in [4.78, 5) is 0. The molecule has 2 heteroatoms. The zero-order chi connectivity index (χ0) is 17.8. The molecular weight excluding hydrogens is 306 g/mol. The first-order valence-corrected chi connectivity index (χ1v) is 8.65. The van der Waals surface area contributed by atoms with E-state index < -0.39 is 0 Å². The van der Waals surface area contributed by atoms with Gasteiger partial charge in [0.25, 0.3) is 0 Å². The monoisotopic (exact) mass is 331 g/mol. The SMILES string of the molecule is CNc1cccc(C)c1OCc1ccc(-c2cccc(C)c2)cc1C. The molecule has 0 atom stereocenters. The Hall–Kier alpha value is -2.74. The minimum absolute atomic E-state index is 0.569. The van der Waals surface area contributed by atoms with E-state index in [1.165, 1.54) is 27.8 Å². The maximum absolute atomic E-state index is 6.13. The lowest BCUT2D eigenvalue weighted by atomic mass is 9.99. The zero-order valence-corrected chi connectivity index (χ0v) is 15.4. The highest BCUT2D eigenvalue weighted by Crippen LogP contribution is 2.30. The highest BCUT2D eigenvalue weighted by Gasteiger charge is 2.08. The molecule has 0 fully saturated rings. The number of nitrogens with one attached hydrogen (secondary N) is 1. The summed E-state index contributed by atoms with van der Waals surface area (Å²) in [5, 5.41) is 3.20. The molecule has 0 spiro atoms. The number of rotatable bonds is 5. The highest BCUT2D eigenvalue weighted by molar-refractivity contribution is 5.65. The third-order valence-corrected chi connectivity index (χ3v) is 4.55. The largest absolute Gasteiger partial charge is 0.486 e. The van der Waals surface area contributed by atoms with Gasteiger partial charge in [-0.25, -0.2) is 0 Å². The molecule has 0 heterocycles. The van der Waals surface area contributed by atoms with Gasteiger partial charge in [-0.1, -0.05) is 60.2 Å². The van der Waals surface area contributed by atoms with Crippen molar-refractivity contribution in [2.24, 2.45) is 0 Å². The van der Waals surface area contributed by atoms with Crippen LogP contribution in [0.3, 0.4) is 0 Å². The van der Waals surface area contributed by atoms with Crippen molar-refractivity contribution < 1.29 is 4.74 Å². The lowest BCUT2D eigenvalue weighted by Crippen LogP contribution is -2.02. The van der Waals surface area contributed by atoms with E-state index in [0.717, 1.165) is 17.0 Å². The van der Waals surface area contributed by atoms with Crippen molar-refractivity contribution in [2.75, 3.05) is 12.4 Å². The second-order valence-electron chi connectivity index (χ2n) is 6.50. The number of hydrogen-bond donors (Lipinski definition) is 1. The van der Waals surface area contributed by atoms with Crippen LogP contribution in [0.15, 0.2) is 60.7 Å². The molecule has 1 N–H and O–H groups in total. The summed E-state index contributed by atoms with van der Waals surface area (Å²) < 4.78 is 6.13. The molecule has 0 aliphatic heterocycles. The van der Waals surface area contributed by atoms with Crippen LogP contribution in [0, 0.1) is 20.8 Å². The van der Waals surface area contributed by atoms with Gasteiger partial charge in [0.15, 0.2) is 0 Å². The molecular formula is C23H25NO. The number of benzene rings is 3. The Morgan fingerprint density at radius 1 is 0.800 bits per heavy atom. The molecule has 0 amide bonds.